The van der Waals surface area contributed by atoms with E-state index in [1.165, 1.54) is 15.6 Å². The molecule has 1 N–H and O–H groups in total. The van der Waals surface area contributed by atoms with Gasteiger partial charge in [0.1, 0.15) is 11.0 Å². The van der Waals surface area contributed by atoms with Crippen LogP contribution >= 0.6 is 11.3 Å². The average Bonchev–Trinajstić information content (AvgIpc) is 3.44. The summed E-state index contributed by atoms with van der Waals surface area (Å²) in [6.07, 6.45) is 2.63. The van der Waals surface area contributed by atoms with Crippen LogP contribution < -0.4 is 5.32 Å². The molecule has 1 aliphatic rings. The van der Waals surface area contributed by atoms with Gasteiger partial charge in [-0.25, -0.2) is 8.42 Å². The van der Waals surface area contributed by atoms with Crippen LogP contribution in [-0.2, 0) is 14.8 Å². The Hall–Kier alpha value is -2.88. The zero-order valence-corrected chi connectivity index (χ0v) is 17.6. The lowest BCUT2D eigenvalue weighted by Gasteiger charge is -2.21. The molecule has 9 heteroatoms. The Morgan fingerprint density at radius 1 is 1.07 bits per heavy atom. The minimum absolute atomic E-state index is 0.310. The second-order valence-corrected chi connectivity index (χ2v) is 9.54. The number of sulfonamides is 1. The third-order valence-corrected chi connectivity index (χ3v) is 7.20. The Morgan fingerprint density at radius 3 is 2.50 bits per heavy atom. The maximum Gasteiger partial charge on any atom is 0.244 e. The lowest BCUT2D eigenvalue weighted by Crippen LogP contribution is -2.42. The van der Waals surface area contributed by atoms with E-state index in [4.69, 9.17) is 0 Å². The van der Waals surface area contributed by atoms with E-state index in [1.807, 2.05) is 60.7 Å². The molecule has 1 aromatic heterocycles. The standard InChI is InChI=1S/C21H20N4O3S2/c26-19(22-21-24-23-20(29-21)17-10-5-2-6-11-17)18-12-7-14-25(18)30(27,28)15-13-16-8-3-1-4-9-16/h1-6,8-11,13,15,18H,7,12,14H2,(H,22,24,26)/b15-13+. The van der Waals surface area contributed by atoms with Gasteiger partial charge in [0.25, 0.3) is 0 Å². The van der Waals surface area contributed by atoms with Crippen LogP contribution in [0.4, 0.5) is 5.13 Å². The Morgan fingerprint density at radius 2 is 1.77 bits per heavy atom. The topological polar surface area (TPSA) is 92.3 Å². The van der Waals surface area contributed by atoms with Crippen LogP contribution in [-0.4, -0.2) is 41.4 Å². The number of anilines is 1. The number of carbonyl (C=O) groups is 1. The lowest BCUT2D eigenvalue weighted by molar-refractivity contribution is -0.119. The van der Waals surface area contributed by atoms with E-state index < -0.39 is 16.1 Å². The van der Waals surface area contributed by atoms with Crippen molar-refractivity contribution in [3.05, 3.63) is 71.6 Å². The number of nitrogens with one attached hydrogen (secondary N) is 1. The molecule has 1 atom stereocenters. The lowest BCUT2D eigenvalue weighted by atomic mass is 10.2. The minimum atomic E-state index is -3.72. The third-order valence-electron chi connectivity index (χ3n) is 4.74. The van der Waals surface area contributed by atoms with Gasteiger partial charge in [-0.3, -0.25) is 10.1 Å². The molecule has 0 aliphatic carbocycles. The van der Waals surface area contributed by atoms with Crippen molar-refractivity contribution in [2.75, 3.05) is 11.9 Å². The smallest absolute Gasteiger partial charge is 0.244 e. The van der Waals surface area contributed by atoms with E-state index in [1.54, 1.807) is 6.08 Å². The first-order chi connectivity index (χ1) is 14.5. The number of benzene rings is 2. The molecule has 3 aromatic rings. The van der Waals surface area contributed by atoms with Crippen molar-refractivity contribution in [1.82, 2.24) is 14.5 Å². The molecule has 0 saturated carbocycles. The predicted octanol–water partition coefficient (Wildman–Crippen LogP) is 3.61. The number of aromatic nitrogens is 2. The molecule has 1 saturated heterocycles. The highest BCUT2D eigenvalue weighted by Gasteiger charge is 2.37. The van der Waals surface area contributed by atoms with Crippen LogP contribution in [0.15, 0.2) is 66.1 Å². The van der Waals surface area contributed by atoms with Gasteiger partial charge in [0.15, 0.2) is 0 Å². The van der Waals surface area contributed by atoms with E-state index in [2.05, 4.69) is 15.5 Å². The molecule has 30 heavy (non-hydrogen) atoms. The highest BCUT2D eigenvalue weighted by atomic mass is 32.2. The van der Waals surface area contributed by atoms with Gasteiger partial charge >= 0.3 is 0 Å². The molecule has 0 bridgehead atoms. The molecule has 2 aromatic carbocycles. The van der Waals surface area contributed by atoms with Gasteiger partial charge in [-0.05, 0) is 24.5 Å². The Bertz CT molecular complexity index is 1150. The fraction of sp³-hybridized carbons (Fsp3) is 0.190. The van der Waals surface area contributed by atoms with Crippen molar-refractivity contribution >= 4 is 38.5 Å². The summed E-state index contributed by atoms with van der Waals surface area (Å²) in [7, 11) is -3.72. The van der Waals surface area contributed by atoms with Gasteiger partial charge in [-0.15, -0.1) is 10.2 Å². The first-order valence-corrected chi connectivity index (χ1v) is 11.8. The summed E-state index contributed by atoms with van der Waals surface area (Å²) in [6, 6.07) is 18.0. The largest absolute Gasteiger partial charge is 0.299 e. The summed E-state index contributed by atoms with van der Waals surface area (Å²) in [4.78, 5) is 12.8. The van der Waals surface area contributed by atoms with Gasteiger partial charge in [0.05, 0.1) is 0 Å². The van der Waals surface area contributed by atoms with Crippen LogP contribution in [0.5, 0.6) is 0 Å². The van der Waals surface area contributed by atoms with Crippen LogP contribution in [0.1, 0.15) is 18.4 Å². The number of amides is 1. The first-order valence-electron chi connectivity index (χ1n) is 9.48. The summed E-state index contributed by atoms with van der Waals surface area (Å²) in [5.74, 6) is -0.389. The van der Waals surface area contributed by atoms with Crippen molar-refractivity contribution < 1.29 is 13.2 Å². The molecule has 1 amide bonds. The van der Waals surface area contributed by atoms with E-state index in [0.29, 0.717) is 29.5 Å². The maximum absolute atomic E-state index is 12.8. The SMILES string of the molecule is O=C(Nc1nnc(-c2ccccc2)s1)C1CCCN1S(=O)(=O)/C=C/c1ccccc1. The third kappa shape index (κ3) is 4.64. The molecule has 1 aliphatic heterocycles. The number of rotatable bonds is 6. The van der Waals surface area contributed by atoms with Crippen molar-refractivity contribution in [2.45, 2.75) is 18.9 Å². The highest BCUT2D eigenvalue weighted by Crippen LogP contribution is 2.28. The van der Waals surface area contributed by atoms with Gasteiger partial charge in [-0.1, -0.05) is 72.0 Å². The second-order valence-electron chi connectivity index (χ2n) is 6.79. The van der Waals surface area contributed by atoms with Crippen LogP contribution in [0.25, 0.3) is 16.6 Å². The summed E-state index contributed by atoms with van der Waals surface area (Å²) in [6.45, 7) is 0.310. The summed E-state index contributed by atoms with van der Waals surface area (Å²) in [5.41, 5.74) is 1.69. The summed E-state index contributed by atoms with van der Waals surface area (Å²) in [5, 5.41) is 13.1. The molecule has 7 nitrogen and oxygen atoms in total. The first kappa shape index (κ1) is 20.4. The van der Waals surface area contributed by atoms with Crippen molar-refractivity contribution in [3.8, 4) is 10.6 Å². The van der Waals surface area contributed by atoms with Crippen LogP contribution in [0.2, 0.25) is 0 Å². The number of hydrogen-bond acceptors (Lipinski definition) is 6. The number of hydrogen-bond donors (Lipinski definition) is 1. The summed E-state index contributed by atoms with van der Waals surface area (Å²) >= 11 is 1.25. The van der Waals surface area contributed by atoms with Crippen molar-refractivity contribution in [1.29, 1.82) is 0 Å². The molecule has 154 valence electrons. The molecule has 0 radical (unpaired) electrons. The number of nitrogens with zero attached hydrogens (tertiary/aromatic N) is 3. The Kier molecular flexibility index (Phi) is 6.03. The summed E-state index contributed by atoms with van der Waals surface area (Å²) < 4.78 is 26.8. The molecule has 0 spiro atoms. The Labute approximate surface area is 179 Å². The quantitative estimate of drug-likeness (QED) is 0.632. The molecule has 1 fully saturated rings. The van der Waals surface area contributed by atoms with Crippen molar-refractivity contribution in [3.63, 3.8) is 0 Å². The van der Waals surface area contributed by atoms with Crippen LogP contribution in [0.3, 0.4) is 0 Å². The zero-order chi connectivity index (χ0) is 21.0. The van der Waals surface area contributed by atoms with Crippen LogP contribution in [0, 0.1) is 0 Å². The normalized spacial score (nSPS) is 17.4. The van der Waals surface area contributed by atoms with E-state index in [0.717, 1.165) is 16.5 Å². The minimum Gasteiger partial charge on any atom is -0.299 e. The monoisotopic (exact) mass is 440 g/mol. The average molecular weight is 441 g/mol. The predicted molar refractivity (Wildman–Crippen MR) is 118 cm³/mol. The van der Waals surface area contributed by atoms with E-state index >= 15 is 0 Å². The maximum atomic E-state index is 12.8. The fourth-order valence-corrected chi connectivity index (χ4v) is 5.45. The second kappa shape index (κ2) is 8.86. The van der Waals surface area contributed by atoms with Gasteiger partial charge in [0.2, 0.25) is 21.1 Å². The highest BCUT2D eigenvalue weighted by molar-refractivity contribution is 7.92. The molecule has 4 rings (SSSR count). The molecular formula is C21H20N4O3S2. The van der Waals surface area contributed by atoms with Gasteiger partial charge < -0.3 is 0 Å². The zero-order valence-electron chi connectivity index (χ0n) is 16.0. The molecule has 2 heterocycles. The van der Waals surface area contributed by atoms with E-state index in [9.17, 15) is 13.2 Å². The molecular weight excluding hydrogens is 420 g/mol. The number of carbonyl (C=O) groups excluding carboxylic acids is 1. The van der Waals surface area contributed by atoms with Gasteiger partial charge in [0, 0.05) is 17.5 Å². The van der Waals surface area contributed by atoms with Gasteiger partial charge in [-0.2, -0.15) is 4.31 Å². The molecule has 1 unspecified atom stereocenters. The van der Waals surface area contributed by atoms with E-state index in [-0.39, 0.29) is 5.91 Å². The fourth-order valence-electron chi connectivity index (χ4n) is 3.27. The Balaban J connectivity index is 1.46. The van der Waals surface area contributed by atoms with Crippen molar-refractivity contribution in [2.24, 2.45) is 0 Å².